The molecule has 0 spiro atoms. The van der Waals surface area contributed by atoms with Gasteiger partial charge in [-0.1, -0.05) is 19.3 Å². The van der Waals surface area contributed by atoms with Gasteiger partial charge in [0.25, 0.3) is 0 Å². The van der Waals surface area contributed by atoms with Crippen LogP contribution in [0.3, 0.4) is 0 Å². The van der Waals surface area contributed by atoms with E-state index >= 15 is 0 Å². The zero-order valence-electron chi connectivity index (χ0n) is 11.1. The molecule has 2 rings (SSSR count). The van der Waals surface area contributed by atoms with Gasteiger partial charge in [0.2, 0.25) is 0 Å². The smallest absolute Gasteiger partial charge is 0.183 e. The van der Waals surface area contributed by atoms with Crippen LogP contribution in [-0.4, -0.2) is 33.4 Å². The summed E-state index contributed by atoms with van der Waals surface area (Å²) >= 11 is 0. The van der Waals surface area contributed by atoms with Crippen molar-refractivity contribution in [2.75, 3.05) is 13.2 Å². The van der Waals surface area contributed by atoms with Crippen molar-refractivity contribution in [1.29, 1.82) is 0 Å². The summed E-state index contributed by atoms with van der Waals surface area (Å²) in [5.41, 5.74) is 5.28. The highest BCUT2D eigenvalue weighted by molar-refractivity contribution is 5.02. The minimum Gasteiger partial charge on any atom is -0.367 e. The highest BCUT2D eigenvalue weighted by atomic mass is 16.5. The number of rotatable bonds is 6. The summed E-state index contributed by atoms with van der Waals surface area (Å²) in [6.07, 6.45) is 6.57. The van der Waals surface area contributed by atoms with Crippen LogP contribution in [0.4, 0.5) is 0 Å². The fourth-order valence-corrected chi connectivity index (χ4v) is 2.75. The fourth-order valence-electron chi connectivity index (χ4n) is 2.75. The number of hydrogen-bond acceptors (Lipinski definition) is 5. The Balaban J connectivity index is 2.21. The molecule has 2 N–H and O–H groups in total. The van der Waals surface area contributed by atoms with E-state index in [-0.39, 0.29) is 5.60 Å². The standard InChI is InChI=1S/C12H23N5O/c1-2-18-12(7-4-3-5-8-12)11-14-15-16-17(11)10-6-9-13/h2-10,13H2,1H3. The minimum atomic E-state index is -0.273. The molecule has 0 aromatic carbocycles. The number of aryl methyl sites for hydroxylation is 1. The first kappa shape index (κ1) is 13.4. The lowest BCUT2D eigenvalue weighted by molar-refractivity contribution is -0.0796. The second-order valence-electron chi connectivity index (χ2n) is 4.86. The summed E-state index contributed by atoms with van der Waals surface area (Å²) in [6.45, 7) is 4.16. The molecule has 1 heterocycles. The molecule has 18 heavy (non-hydrogen) atoms. The van der Waals surface area contributed by atoms with E-state index in [9.17, 15) is 0 Å². The molecule has 102 valence electrons. The van der Waals surface area contributed by atoms with Gasteiger partial charge >= 0.3 is 0 Å². The fraction of sp³-hybridized carbons (Fsp3) is 0.917. The molecule has 6 nitrogen and oxygen atoms in total. The first-order valence-corrected chi connectivity index (χ1v) is 6.93. The molecule has 0 unspecified atom stereocenters. The first-order chi connectivity index (χ1) is 8.82. The van der Waals surface area contributed by atoms with E-state index in [0.717, 1.165) is 31.6 Å². The third-order valence-electron chi connectivity index (χ3n) is 3.60. The SMILES string of the molecule is CCOC1(c2nnnn2CCCN)CCCCC1. The second-order valence-corrected chi connectivity index (χ2v) is 4.86. The van der Waals surface area contributed by atoms with Gasteiger partial charge in [0.1, 0.15) is 5.60 Å². The van der Waals surface area contributed by atoms with Crippen LogP contribution in [0.25, 0.3) is 0 Å². The van der Waals surface area contributed by atoms with Gasteiger partial charge in [-0.05, 0) is 43.2 Å². The highest BCUT2D eigenvalue weighted by Crippen LogP contribution is 2.39. The lowest BCUT2D eigenvalue weighted by Crippen LogP contribution is -2.36. The largest absolute Gasteiger partial charge is 0.367 e. The lowest BCUT2D eigenvalue weighted by atomic mass is 9.84. The van der Waals surface area contributed by atoms with Crippen molar-refractivity contribution in [3.8, 4) is 0 Å². The Kier molecular flexibility index (Phi) is 4.66. The van der Waals surface area contributed by atoms with E-state index < -0.39 is 0 Å². The topological polar surface area (TPSA) is 78.9 Å². The maximum Gasteiger partial charge on any atom is 0.183 e. The molecule has 1 saturated carbocycles. The van der Waals surface area contributed by atoms with Crippen LogP contribution in [0.5, 0.6) is 0 Å². The van der Waals surface area contributed by atoms with Crippen molar-refractivity contribution in [2.45, 2.75) is 57.6 Å². The number of nitrogens with two attached hydrogens (primary N) is 1. The summed E-state index contributed by atoms with van der Waals surface area (Å²) < 4.78 is 7.91. The van der Waals surface area contributed by atoms with Crippen molar-refractivity contribution in [3.05, 3.63) is 5.82 Å². The second kappa shape index (κ2) is 6.24. The molecule has 0 atom stereocenters. The van der Waals surface area contributed by atoms with Crippen LogP contribution in [0.15, 0.2) is 0 Å². The maximum absolute atomic E-state index is 6.04. The third-order valence-corrected chi connectivity index (χ3v) is 3.60. The molecule has 0 saturated heterocycles. The molecule has 1 aromatic rings. The normalized spacial score (nSPS) is 19.0. The Labute approximate surface area is 108 Å². The van der Waals surface area contributed by atoms with E-state index in [0.29, 0.717) is 13.2 Å². The van der Waals surface area contributed by atoms with Crippen molar-refractivity contribution in [3.63, 3.8) is 0 Å². The van der Waals surface area contributed by atoms with E-state index in [4.69, 9.17) is 10.5 Å². The molecule has 1 fully saturated rings. The Hall–Kier alpha value is -1.01. The summed E-state index contributed by atoms with van der Waals surface area (Å²) in [6, 6.07) is 0. The molecule has 6 heteroatoms. The number of aromatic nitrogens is 4. The summed E-state index contributed by atoms with van der Waals surface area (Å²) in [4.78, 5) is 0. The van der Waals surface area contributed by atoms with Crippen molar-refractivity contribution < 1.29 is 4.74 Å². The van der Waals surface area contributed by atoms with Gasteiger partial charge in [-0.15, -0.1) is 5.10 Å². The molecular weight excluding hydrogens is 230 g/mol. The van der Waals surface area contributed by atoms with Crippen LogP contribution in [0.1, 0.15) is 51.3 Å². The molecular formula is C12H23N5O. The summed E-state index contributed by atoms with van der Waals surface area (Å²) in [5.74, 6) is 0.887. The van der Waals surface area contributed by atoms with Crippen molar-refractivity contribution in [1.82, 2.24) is 20.2 Å². The zero-order valence-corrected chi connectivity index (χ0v) is 11.1. The summed E-state index contributed by atoms with van der Waals surface area (Å²) in [5, 5.41) is 12.1. The van der Waals surface area contributed by atoms with Crippen LogP contribution < -0.4 is 5.73 Å². The van der Waals surface area contributed by atoms with E-state index in [1.165, 1.54) is 19.3 Å². The maximum atomic E-state index is 6.04. The highest BCUT2D eigenvalue weighted by Gasteiger charge is 2.39. The van der Waals surface area contributed by atoms with E-state index in [2.05, 4.69) is 15.5 Å². The lowest BCUT2D eigenvalue weighted by Gasteiger charge is -2.35. The third kappa shape index (κ3) is 2.70. The van der Waals surface area contributed by atoms with E-state index in [1.54, 1.807) is 0 Å². The Morgan fingerprint density at radius 1 is 1.33 bits per heavy atom. The first-order valence-electron chi connectivity index (χ1n) is 6.93. The predicted octanol–water partition coefficient (Wildman–Crippen LogP) is 1.22. The van der Waals surface area contributed by atoms with Crippen LogP contribution in [0.2, 0.25) is 0 Å². The quantitative estimate of drug-likeness (QED) is 0.824. The van der Waals surface area contributed by atoms with Gasteiger partial charge in [-0.2, -0.15) is 0 Å². The number of ether oxygens (including phenoxy) is 1. The summed E-state index contributed by atoms with van der Waals surface area (Å²) in [7, 11) is 0. The van der Waals surface area contributed by atoms with Gasteiger partial charge < -0.3 is 10.5 Å². The van der Waals surface area contributed by atoms with Crippen molar-refractivity contribution in [2.24, 2.45) is 5.73 Å². The molecule has 1 aliphatic rings. The van der Waals surface area contributed by atoms with Gasteiger partial charge in [0.15, 0.2) is 5.82 Å². The van der Waals surface area contributed by atoms with Gasteiger partial charge in [0, 0.05) is 13.2 Å². The Bertz CT molecular complexity index is 354. The average molecular weight is 253 g/mol. The van der Waals surface area contributed by atoms with E-state index in [1.807, 2.05) is 11.6 Å². The van der Waals surface area contributed by atoms with Gasteiger partial charge in [-0.25, -0.2) is 4.68 Å². The average Bonchev–Trinajstić information content (AvgIpc) is 2.87. The van der Waals surface area contributed by atoms with Crippen LogP contribution >= 0.6 is 0 Å². The van der Waals surface area contributed by atoms with Gasteiger partial charge in [-0.3, -0.25) is 0 Å². The molecule has 0 radical (unpaired) electrons. The number of hydrogen-bond donors (Lipinski definition) is 1. The van der Waals surface area contributed by atoms with Gasteiger partial charge in [0.05, 0.1) is 0 Å². The minimum absolute atomic E-state index is 0.273. The number of tetrazole rings is 1. The van der Waals surface area contributed by atoms with Crippen LogP contribution in [-0.2, 0) is 16.9 Å². The monoisotopic (exact) mass is 253 g/mol. The molecule has 1 aromatic heterocycles. The van der Waals surface area contributed by atoms with Crippen molar-refractivity contribution >= 4 is 0 Å². The zero-order chi connectivity index (χ0) is 12.8. The Morgan fingerprint density at radius 2 is 2.11 bits per heavy atom. The number of nitrogens with zero attached hydrogens (tertiary/aromatic N) is 4. The Morgan fingerprint density at radius 3 is 2.78 bits per heavy atom. The predicted molar refractivity (Wildman–Crippen MR) is 67.9 cm³/mol. The molecule has 0 bridgehead atoms. The molecule has 0 amide bonds. The molecule has 1 aliphatic carbocycles. The molecule has 0 aliphatic heterocycles. The van der Waals surface area contributed by atoms with Crippen LogP contribution in [0, 0.1) is 0 Å².